The fourth-order valence-corrected chi connectivity index (χ4v) is 3.96. The van der Waals surface area contributed by atoms with Crippen molar-refractivity contribution in [1.82, 2.24) is 0 Å². The lowest BCUT2D eigenvalue weighted by Crippen LogP contribution is -2.34. The van der Waals surface area contributed by atoms with Gasteiger partial charge < -0.3 is 20.5 Å². The second-order valence-electron chi connectivity index (χ2n) is 7.93. The smallest absolute Gasteiger partial charge is 0.253 e. The zero-order valence-electron chi connectivity index (χ0n) is 19.1. The number of halogens is 1. The van der Waals surface area contributed by atoms with Gasteiger partial charge in [0.15, 0.2) is 0 Å². The molecule has 0 spiro atoms. The molecule has 0 fully saturated rings. The minimum Gasteiger partial charge on any atom is -0.494 e. The molecule has 0 bridgehead atoms. The molecule has 1 aliphatic rings. The van der Waals surface area contributed by atoms with E-state index in [1.165, 1.54) is 6.08 Å². The van der Waals surface area contributed by atoms with Gasteiger partial charge in [0.05, 0.1) is 6.61 Å². The number of aliphatic hydroxyl groups excluding tert-OH is 1. The number of hydrogen-bond acceptors (Lipinski definition) is 4. The number of hydrogen-bond donors (Lipinski definition) is 3. The molecule has 35 heavy (non-hydrogen) atoms. The third kappa shape index (κ3) is 5.98. The van der Waals surface area contributed by atoms with Crippen molar-refractivity contribution in [1.29, 1.82) is 0 Å². The van der Waals surface area contributed by atoms with Crippen molar-refractivity contribution >= 4 is 40.4 Å². The zero-order chi connectivity index (χ0) is 24.8. The topological polar surface area (TPSA) is 87.7 Å². The van der Waals surface area contributed by atoms with Crippen LogP contribution in [0.2, 0.25) is 5.02 Å². The second-order valence-corrected chi connectivity index (χ2v) is 8.37. The van der Waals surface area contributed by atoms with Crippen molar-refractivity contribution < 1.29 is 19.4 Å². The highest BCUT2D eigenvalue weighted by molar-refractivity contribution is 6.30. The van der Waals surface area contributed by atoms with Crippen molar-refractivity contribution in [2.24, 2.45) is 0 Å². The van der Waals surface area contributed by atoms with Gasteiger partial charge in [-0.25, -0.2) is 0 Å². The Morgan fingerprint density at radius 1 is 1.11 bits per heavy atom. The fourth-order valence-electron chi connectivity index (χ4n) is 3.84. The molecule has 0 aromatic heterocycles. The molecule has 7 heteroatoms. The van der Waals surface area contributed by atoms with Crippen LogP contribution in [-0.2, 0) is 16.0 Å². The van der Waals surface area contributed by atoms with Gasteiger partial charge in [0.2, 0.25) is 5.91 Å². The number of aliphatic hydroxyl groups is 1. The largest absolute Gasteiger partial charge is 0.494 e. The predicted molar refractivity (Wildman–Crippen MR) is 139 cm³/mol. The van der Waals surface area contributed by atoms with Gasteiger partial charge in [-0.15, -0.1) is 0 Å². The van der Waals surface area contributed by atoms with E-state index in [2.05, 4.69) is 10.6 Å². The lowest BCUT2D eigenvalue weighted by molar-refractivity contribution is -0.124. The van der Waals surface area contributed by atoms with E-state index in [9.17, 15) is 14.7 Å². The van der Waals surface area contributed by atoms with Gasteiger partial charge in [-0.1, -0.05) is 54.1 Å². The summed E-state index contributed by atoms with van der Waals surface area (Å²) in [6, 6.07) is 20.5. The predicted octanol–water partition coefficient (Wildman–Crippen LogP) is 5.22. The average molecular weight is 489 g/mol. The normalized spacial score (nSPS) is 15.5. The average Bonchev–Trinajstić information content (AvgIpc) is 2.85. The maximum absolute atomic E-state index is 12.6. The minimum absolute atomic E-state index is 0.139. The molecular weight excluding hydrogens is 464 g/mol. The number of nitrogens with one attached hydrogen (secondary N) is 2. The summed E-state index contributed by atoms with van der Waals surface area (Å²) in [5.74, 6) is 0.00680. The Morgan fingerprint density at radius 2 is 1.80 bits per heavy atom. The highest BCUT2D eigenvalue weighted by Crippen LogP contribution is 2.30. The van der Waals surface area contributed by atoms with Crippen molar-refractivity contribution in [2.75, 3.05) is 17.2 Å². The van der Waals surface area contributed by atoms with Crippen molar-refractivity contribution in [3.63, 3.8) is 0 Å². The number of allylic oxidation sites excluding steroid dienone is 2. The molecule has 0 aliphatic carbocycles. The number of amides is 2. The Morgan fingerprint density at radius 3 is 2.49 bits per heavy atom. The fraction of sp³-hybridized carbons (Fsp3) is 0.143. The van der Waals surface area contributed by atoms with Crippen LogP contribution in [0.1, 0.15) is 23.6 Å². The van der Waals surface area contributed by atoms with Crippen LogP contribution in [0.5, 0.6) is 5.75 Å². The zero-order valence-corrected chi connectivity index (χ0v) is 19.9. The third-order valence-electron chi connectivity index (χ3n) is 5.53. The van der Waals surface area contributed by atoms with Crippen LogP contribution >= 0.6 is 11.6 Å². The molecule has 6 nitrogen and oxygen atoms in total. The number of anilines is 2. The summed E-state index contributed by atoms with van der Waals surface area (Å²) in [7, 11) is 0. The molecular formula is C28H25ClN2O4. The summed E-state index contributed by atoms with van der Waals surface area (Å²) < 4.78 is 5.54. The molecule has 3 N–H and O–H groups in total. The summed E-state index contributed by atoms with van der Waals surface area (Å²) >= 11 is 6.07. The van der Waals surface area contributed by atoms with Gasteiger partial charge >= 0.3 is 0 Å². The number of benzene rings is 3. The molecule has 1 aliphatic heterocycles. The molecule has 2 amide bonds. The number of carbonyl (C=O) groups is 2. The van der Waals surface area contributed by atoms with Crippen molar-refractivity contribution in [2.45, 2.75) is 19.4 Å². The van der Waals surface area contributed by atoms with Gasteiger partial charge in [-0.2, -0.15) is 0 Å². The number of fused-ring (bicyclic) bond motifs is 1. The maximum atomic E-state index is 12.6. The second kappa shape index (κ2) is 11.0. The molecule has 1 atom stereocenters. The van der Waals surface area contributed by atoms with Crippen LogP contribution in [-0.4, -0.2) is 29.6 Å². The SMILES string of the molecule is CCOc1ccc(C(=CC=CC(=O)Nc2cccc3c2CC(O)C(=O)N3)c2ccc(Cl)cc2)cc1. The van der Waals surface area contributed by atoms with E-state index in [1.807, 2.05) is 61.5 Å². The standard InChI is InChI=1S/C28H25ClN2O4/c1-2-35-21-15-11-19(12-16-21)22(18-9-13-20(29)14-10-18)5-3-8-27(33)30-24-6-4-7-25-23(24)17-26(32)28(34)31-25/h3-16,26,32H,2,17H2,1H3,(H,30,33)(H,31,34). The molecule has 1 unspecified atom stereocenters. The van der Waals surface area contributed by atoms with Crippen LogP contribution in [0.4, 0.5) is 11.4 Å². The Balaban J connectivity index is 1.56. The lowest BCUT2D eigenvalue weighted by Gasteiger charge is -2.23. The van der Waals surface area contributed by atoms with Crippen LogP contribution in [0.15, 0.2) is 85.0 Å². The van der Waals surface area contributed by atoms with Gasteiger partial charge in [-0.05, 0) is 60.0 Å². The summed E-state index contributed by atoms with van der Waals surface area (Å²) in [5, 5.41) is 16.0. The highest BCUT2D eigenvalue weighted by Gasteiger charge is 2.26. The quantitative estimate of drug-likeness (QED) is 0.314. The van der Waals surface area contributed by atoms with Crippen LogP contribution in [0.3, 0.4) is 0 Å². The van der Waals surface area contributed by atoms with Gasteiger partial charge in [0, 0.05) is 34.5 Å². The van der Waals surface area contributed by atoms with E-state index in [0.717, 1.165) is 22.4 Å². The van der Waals surface area contributed by atoms with Crippen LogP contribution in [0, 0.1) is 0 Å². The lowest BCUT2D eigenvalue weighted by atomic mass is 9.97. The van der Waals surface area contributed by atoms with E-state index in [0.29, 0.717) is 28.6 Å². The molecule has 178 valence electrons. The van der Waals surface area contributed by atoms with Crippen molar-refractivity contribution in [3.8, 4) is 5.75 Å². The van der Waals surface area contributed by atoms with Gasteiger partial charge in [0.1, 0.15) is 11.9 Å². The Kier molecular flexibility index (Phi) is 7.65. The molecule has 4 rings (SSSR count). The summed E-state index contributed by atoms with van der Waals surface area (Å²) in [5.41, 5.74) is 4.64. The van der Waals surface area contributed by atoms with E-state index in [4.69, 9.17) is 16.3 Å². The van der Waals surface area contributed by atoms with E-state index in [-0.39, 0.29) is 12.3 Å². The Labute approximate surface area is 208 Å². The molecule has 1 heterocycles. The molecule has 0 saturated heterocycles. The first-order chi connectivity index (χ1) is 16.9. The van der Waals surface area contributed by atoms with E-state index >= 15 is 0 Å². The van der Waals surface area contributed by atoms with E-state index in [1.54, 1.807) is 24.3 Å². The van der Waals surface area contributed by atoms with Crippen LogP contribution in [0.25, 0.3) is 5.57 Å². The Hall–Kier alpha value is -3.87. The highest BCUT2D eigenvalue weighted by atomic mass is 35.5. The number of rotatable bonds is 7. The third-order valence-corrected chi connectivity index (χ3v) is 5.79. The van der Waals surface area contributed by atoms with Crippen molar-refractivity contribution in [3.05, 3.63) is 107 Å². The summed E-state index contributed by atoms with van der Waals surface area (Å²) in [6.45, 7) is 2.53. The van der Waals surface area contributed by atoms with Gasteiger partial charge in [0.25, 0.3) is 5.91 Å². The molecule has 0 saturated carbocycles. The first-order valence-electron chi connectivity index (χ1n) is 11.2. The number of carbonyl (C=O) groups excluding carboxylic acids is 2. The van der Waals surface area contributed by atoms with Crippen LogP contribution < -0.4 is 15.4 Å². The summed E-state index contributed by atoms with van der Waals surface area (Å²) in [6.07, 6.45) is 3.97. The first-order valence-corrected chi connectivity index (χ1v) is 11.6. The van der Waals surface area contributed by atoms with Gasteiger partial charge in [-0.3, -0.25) is 9.59 Å². The summed E-state index contributed by atoms with van der Waals surface area (Å²) in [4.78, 5) is 24.4. The monoisotopic (exact) mass is 488 g/mol. The van der Waals surface area contributed by atoms with E-state index < -0.39 is 12.0 Å². The minimum atomic E-state index is -1.14. The maximum Gasteiger partial charge on any atom is 0.253 e. The molecule has 0 radical (unpaired) electrons. The molecule has 3 aromatic rings. The number of ether oxygens (including phenoxy) is 1. The first kappa shape index (κ1) is 24.3. The Bertz CT molecular complexity index is 1280. The molecule has 3 aromatic carbocycles.